The van der Waals surface area contributed by atoms with E-state index in [0.29, 0.717) is 0 Å². The van der Waals surface area contributed by atoms with Gasteiger partial charge in [-0.2, -0.15) is 0 Å². The first-order chi connectivity index (χ1) is 7.27. The topological polar surface area (TPSA) is 28.2 Å². The van der Waals surface area contributed by atoms with Gasteiger partial charge in [-0.25, -0.2) is 4.98 Å². The Morgan fingerprint density at radius 2 is 2.13 bits per heavy atom. The number of aromatic nitrogens is 1. The standard InChI is InChI=1S/C12H21N3/c1-4-13-8-9-15(5-2)12-7-6-11(3)10-14-12/h6-7,10,13H,4-5,8-9H2,1-3H3. The van der Waals surface area contributed by atoms with Gasteiger partial charge in [-0.05, 0) is 32.0 Å². The van der Waals surface area contributed by atoms with Gasteiger partial charge < -0.3 is 10.2 Å². The fourth-order valence-corrected chi connectivity index (χ4v) is 1.47. The smallest absolute Gasteiger partial charge is 0.128 e. The molecule has 0 bridgehead atoms. The molecule has 3 heteroatoms. The summed E-state index contributed by atoms with van der Waals surface area (Å²) >= 11 is 0. The Labute approximate surface area is 92.5 Å². The number of pyridine rings is 1. The van der Waals surface area contributed by atoms with Crippen LogP contribution in [0.2, 0.25) is 0 Å². The monoisotopic (exact) mass is 207 g/mol. The van der Waals surface area contributed by atoms with Crippen LogP contribution < -0.4 is 10.2 Å². The molecule has 0 unspecified atom stereocenters. The lowest BCUT2D eigenvalue weighted by Gasteiger charge is -2.21. The number of nitrogens with one attached hydrogen (secondary N) is 1. The molecule has 0 atom stereocenters. The zero-order valence-electron chi connectivity index (χ0n) is 9.95. The van der Waals surface area contributed by atoms with E-state index < -0.39 is 0 Å². The van der Waals surface area contributed by atoms with Crippen LogP contribution in [-0.2, 0) is 0 Å². The maximum atomic E-state index is 4.43. The molecule has 0 saturated heterocycles. The van der Waals surface area contributed by atoms with Crippen molar-refractivity contribution in [1.29, 1.82) is 0 Å². The third-order valence-corrected chi connectivity index (χ3v) is 2.41. The normalized spacial score (nSPS) is 10.3. The number of likely N-dealkylation sites (N-methyl/N-ethyl adjacent to an activating group) is 2. The molecule has 0 radical (unpaired) electrons. The van der Waals surface area contributed by atoms with Crippen LogP contribution in [0.25, 0.3) is 0 Å². The van der Waals surface area contributed by atoms with Crippen molar-refractivity contribution in [1.82, 2.24) is 10.3 Å². The Kier molecular flexibility index (Phi) is 5.12. The summed E-state index contributed by atoms with van der Waals surface area (Å²) in [5, 5.41) is 3.32. The van der Waals surface area contributed by atoms with E-state index in [1.165, 1.54) is 5.56 Å². The van der Waals surface area contributed by atoms with Crippen molar-refractivity contribution in [2.75, 3.05) is 31.1 Å². The molecule has 1 rings (SSSR count). The van der Waals surface area contributed by atoms with E-state index in [0.717, 1.165) is 32.0 Å². The summed E-state index contributed by atoms with van der Waals surface area (Å²) in [7, 11) is 0. The summed E-state index contributed by atoms with van der Waals surface area (Å²) < 4.78 is 0. The van der Waals surface area contributed by atoms with Gasteiger partial charge in [0, 0.05) is 25.8 Å². The summed E-state index contributed by atoms with van der Waals surface area (Å²) in [6.07, 6.45) is 1.92. The van der Waals surface area contributed by atoms with Gasteiger partial charge in [0.25, 0.3) is 0 Å². The van der Waals surface area contributed by atoms with Crippen LogP contribution in [0, 0.1) is 6.92 Å². The first kappa shape index (κ1) is 12.0. The third-order valence-electron chi connectivity index (χ3n) is 2.41. The highest BCUT2D eigenvalue weighted by Gasteiger charge is 2.03. The molecule has 0 aliphatic carbocycles. The van der Waals surface area contributed by atoms with Gasteiger partial charge in [-0.3, -0.25) is 0 Å². The van der Waals surface area contributed by atoms with Crippen molar-refractivity contribution in [2.45, 2.75) is 20.8 Å². The second-order valence-electron chi connectivity index (χ2n) is 3.63. The predicted molar refractivity (Wildman–Crippen MR) is 65.4 cm³/mol. The Hall–Kier alpha value is -1.09. The first-order valence-corrected chi connectivity index (χ1v) is 5.66. The van der Waals surface area contributed by atoms with Crippen LogP contribution in [-0.4, -0.2) is 31.2 Å². The fraction of sp³-hybridized carbons (Fsp3) is 0.583. The molecule has 0 aromatic carbocycles. The van der Waals surface area contributed by atoms with E-state index in [2.05, 4.69) is 48.1 Å². The van der Waals surface area contributed by atoms with Crippen LogP contribution in [0.3, 0.4) is 0 Å². The SMILES string of the molecule is CCNCCN(CC)c1ccc(C)cn1. The van der Waals surface area contributed by atoms with Crippen molar-refractivity contribution in [3.63, 3.8) is 0 Å². The minimum Gasteiger partial charge on any atom is -0.356 e. The third kappa shape index (κ3) is 3.88. The molecule has 0 spiro atoms. The van der Waals surface area contributed by atoms with E-state index in [4.69, 9.17) is 0 Å². The minimum absolute atomic E-state index is 1.00. The molecule has 0 fully saturated rings. The summed E-state index contributed by atoms with van der Waals surface area (Å²) in [5.41, 5.74) is 1.21. The van der Waals surface area contributed by atoms with Gasteiger partial charge in [0.05, 0.1) is 0 Å². The van der Waals surface area contributed by atoms with E-state index in [-0.39, 0.29) is 0 Å². The first-order valence-electron chi connectivity index (χ1n) is 5.66. The molecule has 0 amide bonds. The van der Waals surface area contributed by atoms with Gasteiger partial charge in [0.1, 0.15) is 5.82 Å². The minimum atomic E-state index is 1.00. The average Bonchev–Trinajstić information content (AvgIpc) is 2.26. The van der Waals surface area contributed by atoms with Gasteiger partial charge in [0.2, 0.25) is 0 Å². The molecule has 3 nitrogen and oxygen atoms in total. The van der Waals surface area contributed by atoms with Crippen LogP contribution in [0.1, 0.15) is 19.4 Å². The Bertz CT molecular complexity index is 269. The average molecular weight is 207 g/mol. The summed E-state index contributed by atoms with van der Waals surface area (Å²) in [6.45, 7) is 10.4. The molecule has 0 saturated carbocycles. The Balaban J connectivity index is 2.53. The van der Waals surface area contributed by atoms with E-state index in [1.54, 1.807) is 0 Å². The Morgan fingerprint density at radius 3 is 2.67 bits per heavy atom. The lowest BCUT2D eigenvalue weighted by Crippen LogP contribution is -2.32. The highest BCUT2D eigenvalue weighted by atomic mass is 15.2. The molecule has 1 heterocycles. The van der Waals surface area contributed by atoms with Crippen LogP contribution >= 0.6 is 0 Å². The molecular formula is C12H21N3. The molecule has 0 aliphatic rings. The summed E-state index contributed by atoms with van der Waals surface area (Å²) in [5.74, 6) is 1.07. The van der Waals surface area contributed by atoms with Crippen molar-refractivity contribution < 1.29 is 0 Å². The lowest BCUT2D eigenvalue weighted by atomic mass is 10.3. The van der Waals surface area contributed by atoms with E-state index >= 15 is 0 Å². The van der Waals surface area contributed by atoms with Crippen molar-refractivity contribution in [2.24, 2.45) is 0 Å². The number of hydrogen-bond donors (Lipinski definition) is 1. The van der Waals surface area contributed by atoms with Crippen LogP contribution in [0.15, 0.2) is 18.3 Å². The highest BCUT2D eigenvalue weighted by molar-refractivity contribution is 5.38. The van der Waals surface area contributed by atoms with Crippen molar-refractivity contribution in [3.05, 3.63) is 23.9 Å². The molecule has 1 aromatic rings. The number of aryl methyl sites for hydroxylation is 1. The quantitative estimate of drug-likeness (QED) is 0.721. The maximum absolute atomic E-state index is 4.43. The molecule has 1 aromatic heterocycles. The van der Waals surface area contributed by atoms with Crippen LogP contribution in [0.4, 0.5) is 5.82 Å². The van der Waals surface area contributed by atoms with Gasteiger partial charge >= 0.3 is 0 Å². The molecule has 1 N–H and O–H groups in total. The Morgan fingerprint density at radius 1 is 1.33 bits per heavy atom. The largest absolute Gasteiger partial charge is 0.356 e. The van der Waals surface area contributed by atoms with Crippen molar-refractivity contribution >= 4 is 5.82 Å². The molecule has 15 heavy (non-hydrogen) atoms. The molecule has 0 aliphatic heterocycles. The number of rotatable bonds is 6. The van der Waals surface area contributed by atoms with E-state index in [1.807, 2.05) is 6.20 Å². The number of nitrogens with zero attached hydrogens (tertiary/aromatic N) is 2. The summed E-state index contributed by atoms with van der Waals surface area (Å²) in [6, 6.07) is 4.20. The second-order valence-corrected chi connectivity index (χ2v) is 3.63. The van der Waals surface area contributed by atoms with Crippen molar-refractivity contribution in [3.8, 4) is 0 Å². The predicted octanol–water partition coefficient (Wildman–Crippen LogP) is 1.83. The number of hydrogen-bond acceptors (Lipinski definition) is 3. The maximum Gasteiger partial charge on any atom is 0.128 e. The van der Waals surface area contributed by atoms with E-state index in [9.17, 15) is 0 Å². The van der Waals surface area contributed by atoms with Gasteiger partial charge in [-0.15, -0.1) is 0 Å². The number of anilines is 1. The molecule has 84 valence electrons. The second kappa shape index (κ2) is 6.40. The lowest BCUT2D eigenvalue weighted by molar-refractivity contribution is 0.684. The van der Waals surface area contributed by atoms with Crippen LogP contribution in [0.5, 0.6) is 0 Å². The molecular weight excluding hydrogens is 186 g/mol. The fourth-order valence-electron chi connectivity index (χ4n) is 1.47. The highest BCUT2D eigenvalue weighted by Crippen LogP contribution is 2.09. The van der Waals surface area contributed by atoms with Gasteiger partial charge in [-0.1, -0.05) is 13.0 Å². The van der Waals surface area contributed by atoms with Gasteiger partial charge in [0.15, 0.2) is 0 Å². The zero-order valence-corrected chi connectivity index (χ0v) is 9.95. The zero-order chi connectivity index (χ0) is 11.1. The summed E-state index contributed by atoms with van der Waals surface area (Å²) in [4.78, 5) is 6.71.